The number of benzene rings is 1. The van der Waals surface area contributed by atoms with Crippen molar-refractivity contribution < 1.29 is 14.3 Å². The van der Waals surface area contributed by atoms with Crippen molar-refractivity contribution in [3.05, 3.63) is 42.5 Å². The molecule has 0 atom stereocenters. The first kappa shape index (κ1) is 15.2. The number of rotatable bonds is 4. The molecule has 0 aliphatic heterocycles. The number of hydrogen-bond donors (Lipinski definition) is 0. The largest absolute Gasteiger partial charge is 0.494 e. The zero-order valence-corrected chi connectivity index (χ0v) is 10.7. The normalized spacial score (nSPS) is 8.65. The lowest BCUT2D eigenvalue weighted by molar-refractivity contribution is -0.138. The molecule has 0 heterocycles. The molecule has 1 aromatic rings. The van der Waals surface area contributed by atoms with Crippen LogP contribution in [0.4, 0.5) is 0 Å². The average Bonchev–Trinajstić information content (AvgIpc) is 2.32. The fourth-order valence-corrected chi connectivity index (χ4v) is 0.938. The lowest BCUT2D eigenvalue weighted by Crippen LogP contribution is -2.03. The molecule has 0 aromatic heterocycles. The maximum atomic E-state index is 10.4. The molecule has 0 radical (unpaired) electrons. The predicted octanol–water partition coefficient (Wildman–Crippen LogP) is 3.21. The first-order valence-electron chi connectivity index (χ1n) is 5.62. The number of carbonyl (C=O) groups excluding carboxylic acids is 1. The maximum absolute atomic E-state index is 10.4. The van der Waals surface area contributed by atoms with Gasteiger partial charge < -0.3 is 9.47 Å². The molecule has 0 spiro atoms. The minimum absolute atomic E-state index is 0.312. The number of esters is 1. The van der Waals surface area contributed by atoms with E-state index in [0.29, 0.717) is 12.2 Å². The average molecular weight is 236 g/mol. The molecular weight excluding hydrogens is 216 g/mol. The van der Waals surface area contributed by atoms with E-state index < -0.39 is 0 Å². The van der Waals surface area contributed by atoms with Gasteiger partial charge in [-0.2, -0.15) is 0 Å². The maximum Gasteiger partial charge on any atom is 0.333 e. The Balaban J connectivity index is 0.000000304. The SMILES string of the molecule is C=C(C)C(=O)OCC.CCOc1ccccc1. The molecule has 0 amide bonds. The molecule has 3 nitrogen and oxygen atoms in total. The lowest BCUT2D eigenvalue weighted by Gasteiger charge is -1.99. The van der Waals surface area contributed by atoms with Crippen molar-refractivity contribution in [2.45, 2.75) is 20.8 Å². The summed E-state index contributed by atoms with van der Waals surface area (Å²) in [6, 6.07) is 9.80. The van der Waals surface area contributed by atoms with Crippen molar-refractivity contribution in [3.63, 3.8) is 0 Å². The van der Waals surface area contributed by atoms with Crippen LogP contribution in [-0.4, -0.2) is 19.2 Å². The van der Waals surface area contributed by atoms with Crippen LogP contribution in [0.3, 0.4) is 0 Å². The molecule has 1 rings (SSSR count). The minimum Gasteiger partial charge on any atom is -0.494 e. The second-order valence-corrected chi connectivity index (χ2v) is 3.25. The van der Waals surface area contributed by atoms with Crippen molar-refractivity contribution in [1.82, 2.24) is 0 Å². The summed E-state index contributed by atoms with van der Waals surface area (Å²) in [6.07, 6.45) is 0. The first-order chi connectivity index (χ1) is 8.11. The van der Waals surface area contributed by atoms with Crippen molar-refractivity contribution in [3.8, 4) is 5.75 Å². The summed E-state index contributed by atoms with van der Waals surface area (Å²) in [5.41, 5.74) is 0.451. The second kappa shape index (κ2) is 9.46. The lowest BCUT2D eigenvalue weighted by atomic mass is 10.3. The molecule has 0 aliphatic carbocycles. The van der Waals surface area contributed by atoms with E-state index in [-0.39, 0.29) is 5.97 Å². The number of hydrogen-bond acceptors (Lipinski definition) is 3. The summed E-state index contributed by atoms with van der Waals surface area (Å²) in [7, 11) is 0. The van der Waals surface area contributed by atoms with Crippen LogP contribution in [-0.2, 0) is 9.53 Å². The summed E-state index contributed by atoms with van der Waals surface area (Å²) in [4.78, 5) is 10.4. The second-order valence-electron chi connectivity index (χ2n) is 3.25. The molecule has 0 bridgehead atoms. The molecular formula is C14H20O3. The quantitative estimate of drug-likeness (QED) is 0.595. The summed E-state index contributed by atoms with van der Waals surface area (Å²) < 4.78 is 9.77. The third kappa shape index (κ3) is 8.08. The predicted molar refractivity (Wildman–Crippen MR) is 69.1 cm³/mol. The van der Waals surface area contributed by atoms with Gasteiger partial charge in [0.2, 0.25) is 0 Å². The van der Waals surface area contributed by atoms with Crippen LogP contribution in [0.15, 0.2) is 42.5 Å². The Kier molecular flexibility index (Phi) is 8.47. The van der Waals surface area contributed by atoms with Crippen LogP contribution in [0.2, 0.25) is 0 Å². The van der Waals surface area contributed by atoms with Gasteiger partial charge in [-0.15, -0.1) is 0 Å². The zero-order chi connectivity index (χ0) is 13.1. The number of carbonyl (C=O) groups is 1. The Morgan fingerprint density at radius 1 is 1.18 bits per heavy atom. The van der Waals surface area contributed by atoms with Gasteiger partial charge in [0.15, 0.2) is 0 Å². The van der Waals surface area contributed by atoms with Gasteiger partial charge in [0.25, 0.3) is 0 Å². The van der Waals surface area contributed by atoms with Crippen LogP contribution in [0.1, 0.15) is 20.8 Å². The molecule has 0 saturated carbocycles. The Bertz CT molecular complexity index is 331. The van der Waals surface area contributed by atoms with Crippen LogP contribution < -0.4 is 4.74 Å². The summed E-state index contributed by atoms with van der Waals surface area (Å²) in [6.45, 7) is 9.93. The van der Waals surface area contributed by atoms with E-state index in [4.69, 9.17) is 4.74 Å². The van der Waals surface area contributed by atoms with Crippen LogP contribution in [0.25, 0.3) is 0 Å². The Morgan fingerprint density at radius 2 is 1.76 bits per heavy atom. The zero-order valence-electron chi connectivity index (χ0n) is 10.7. The summed E-state index contributed by atoms with van der Waals surface area (Å²) >= 11 is 0. The highest BCUT2D eigenvalue weighted by Gasteiger charge is 1.98. The van der Waals surface area contributed by atoms with E-state index in [0.717, 1.165) is 12.4 Å². The van der Waals surface area contributed by atoms with Crippen LogP contribution >= 0.6 is 0 Å². The van der Waals surface area contributed by atoms with E-state index in [1.807, 2.05) is 37.3 Å². The first-order valence-corrected chi connectivity index (χ1v) is 5.62. The van der Waals surface area contributed by atoms with Crippen molar-refractivity contribution in [2.24, 2.45) is 0 Å². The standard InChI is InChI=1S/C8H10O.C6H10O2/c1-2-9-8-6-4-3-5-7-8;1-4-8-6(7)5(2)3/h3-7H,2H2,1H3;2,4H2,1,3H3. The fraction of sp³-hybridized carbons (Fsp3) is 0.357. The van der Waals surface area contributed by atoms with E-state index in [1.54, 1.807) is 13.8 Å². The highest BCUT2D eigenvalue weighted by molar-refractivity contribution is 5.86. The molecule has 0 unspecified atom stereocenters. The molecule has 0 saturated heterocycles. The Morgan fingerprint density at radius 3 is 2.12 bits per heavy atom. The number of ether oxygens (including phenoxy) is 2. The smallest absolute Gasteiger partial charge is 0.333 e. The molecule has 0 N–H and O–H groups in total. The minimum atomic E-state index is -0.312. The summed E-state index contributed by atoms with van der Waals surface area (Å²) in [5.74, 6) is 0.632. The van der Waals surface area contributed by atoms with Gasteiger partial charge in [0, 0.05) is 5.57 Å². The van der Waals surface area contributed by atoms with Crippen molar-refractivity contribution in [2.75, 3.05) is 13.2 Å². The molecule has 0 aliphatic rings. The van der Waals surface area contributed by atoms with Crippen molar-refractivity contribution >= 4 is 5.97 Å². The van der Waals surface area contributed by atoms with Gasteiger partial charge in [-0.05, 0) is 32.9 Å². The third-order valence-electron chi connectivity index (χ3n) is 1.68. The summed E-state index contributed by atoms with van der Waals surface area (Å²) in [5, 5.41) is 0. The van der Waals surface area contributed by atoms with Gasteiger partial charge in [-0.25, -0.2) is 4.79 Å². The van der Waals surface area contributed by atoms with E-state index in [9.17, 15) is 4.79 Å². The van der Waals surface area contributed by atoms with E-state index in [1.165, 1.54) is 0 Å². The third-order valence-corrected chi connectivity index (χ3v) is 1.68. The van der Waals surface area contributed by atoms with Gasteiger partial charge in [0.05, 0.1) is 13.2 Å². The monoisotopic (exact) mass is 236 g/mol. The van der Waals surface area contributed by atoms with E-state index in [2.05, 4.69) is 11.3 Å². The highest BCUT2D eigenvalue weighted by atomic mass is 16.5. The number of para-hydroxylation sites is 1. The molecule has 17 heavy (non-hydrogen) atoms. The van der Waals surface area contributed by atoms with Crippen molar-refractivity contribution in [1.29, 1.82) is 0 Å². The van der Waals surface area contributed by atoms with Gasteiger partial charge >= 0.3 is 5.97 Å². The van der Waals surface area contributed by atoms with Crippen LogP contribution in [0, 0.1) is 0 Å². The van der Waals surface area contributed by atoms with E-state index >= 15 is 0 Å². The van der Waals surface area contributed by atoms with Gasteiger partial charge in [0.1, 0.15) is 5.75 Å². The Labute approximate surface area is 103 Å². The Hall–Kier alpha value is -1.77. The molecule has 0 fully saturated rings. The van der Waals surface area contributed by atoms with Crippen LogP contribution in [0.5, 0.6) is 5.75 Å². The molecule has 3 heteroatoms. The fourth-order valence-electron chi connectivity index (χ4n) is 0.938. The highest BCUT2D eigenvalue weighted by Crippen LogP contribution is 2.06. The molecule has 1 aromatic carbocycles. The topological polar surface area (TPSA) is 35.5 Å². The van der Waals surface area contributed by atoms with Gasteiger partial charge in [-0.3, -0.25) is 0 Å². The molecule has 94 valence electrons. The van der Waals surface area contributed by atoms with Gasteiger partial charge in [-0.1, -0.05) is 24.8 Å².